The summed E-state index contributed by atoms with van der Waals surface area (Å²) in [6, 6.07) is 12.8. The fourth-order valence-corrected chi connectivity index (χ4v) is 2.34. The van der Waals surface area contributed by atoms with Crippen molar-refractivity contribution in [3.63, 3.8) is 0 Å². The number of benzene rings is 2. The van der Waals surface area contributed by atoms with Crippen molar-refractivity contribution < 1.29 is 23.0 Å². The van der Waals surface area contributed by atoms with Crippen molar-refractivity contribution in [3.8, 4) is 17.4 Å². The first kappa shape index (κ1) is 19.6. The summed E-state index contributed by atoms with van der Waals surface area (Å²) in [5.74, 6) is -0.153. The van der Waals surface area contributed by atoms with Crippen molar-refractivity contribution in [2.24, 2.45) is 0 Å². The predicted molar refractivity (Wildman–Crippen MR) is 99.5 cm³/mol. The lowest BCUT2D eigenvalue weighted by Gasteiger charge is -2.09. The molecule has 1 heterocycles. The zero-order valence-corrected chi connectivity index (χ0v) is 15.2. The van der Waals surface area contributed by atoms with E-state index >= 15 is 0 Å². The molecule has 28 heavy (non-hydrogen) atoms. The molecule has 3 aromatic rings. The first-order valence-electron chi connectivity index (χ1n) is 8.22. The lowest BCUT2D eigenvalue weighted by molar-refractivity contribution is -0.123. The van der Waals surface area contributed by atoms with Crippen LogP contribution in [0.1, 0.15) is 5.56 Å². The largest absolute Gasteiger partial charge is 0.484 e. The lowest BCUT2D eigenvalue weighted by atomic mass is 10.3. The predicted octanol–water partition coefficient (Wildman–Crippen LogP) is 4.50. The maximum atomic E-state index is 13.1. The summed E-state index contributed by atoms with van der Waals surface area (Å²) < 4.78 is 36.7. The monoisotopic (exact) mass is 404 g/mol. The van der Waals surface area contributed by atoms with Gasteiger partial charge in [0.25, 0.3) is 5.91 Å². The molecule has 1 aromatic heterocycles. The second-order valence-corrected chi connectivity index (χ2v) is 6.11. The van der Waals surface area contributed by atoms with Crippen molar-refractivity contribution in [2.75, 3.05) is 6.61 Å². The number of hydrogen-bond donors (Lipinski definition) is 1. The van der Waals surface area contributed by atoms with Crippen molar-refractivity contribution in [1.29, 1.82) is 0 Å². The number of pyridine rings is 1. The number of carbonyl (C=O) groups is 1. The van der Waals surface area contributed by atoms with Gasteiger partial charge in [0.2, 0.25) is 5.88 Å². The minimum absolute atomic E-state index is 0.0769. The Bertz CT molecular complexity index is 951. The summed E-state index contributed by atoms with van der Waals surface area (Å²) in [6.45, 7) is 0.0113. The Morgan fingerprint density at radius 3 is 2.46 bits per heavy atom. The van der Waals surface area contributed by atoms with E-state index < -0.39 is 5.82 Å². The van der Waals surface area contributed by atoms with E-state index in [0.717, 1.165) is 11.6 Å². The first-order chi connectivity index (χ1) is 13.5. The van der Waals surface area contributed by atoms with E-state index in [1.54, 1.807) is 18.3 Å². The third-order valence-corrected chi connectivity index (χ3v) is 3.87. The van der Waals surface area contributed by atoms with Gasteiger partial charge in [-0.15, -0.1) is 0 Å². The molecule has 0 atom stereocenters. The van der Waals surface area contributed by atoms with Crippen LogP contribution in [0.25, 0.3) is 0 Å². The number of ether oxygens (including phenoxy) is 2. The van der Waals surface area contributed by atoms with Crippen LogP contribution >= 0.6 is 11.6 Å². The number of amides is 1. The van der Waals surface area contributed by atoms with Crippen molar-refractivity contribution in [3.05, 3.63) is 83.0 Å². The van der Waals surface area contributed by atoms with Gasteiger partial charge in [-0.05, 0) is 42.0 Å². The molecule has 5 nitrogen and oxygen atoms in total. The Kier molecular flexibility index (Phi) is 6.39. The minimum atomic E-state index is -0.558. The maximum absolute atomic E-state index is 13.1. The molecular formula is C20H15ClF2N2O3. The highest BCUT2D eigenvalue weighted by Gasteiger charge is 2.06. The highest BCUT2D eigenvalue weighted by molar-refractivity contribution is 6.30. The number of nitrogens with one attached hydrogen (secondary N) is 1. The topological polar surface area (TPSA) is 60.5 Å². The molecular weight excluding hydrogens is 390 g/mol. The summed E-state index contributed by atoms with van der Waals surface area (Å²) in [5.41, 5.74) is 0.754. The molecule has 0 spiro atoms. The fourth-order valence-electron chi connectivity index (χ4n) is 2.17. The van der Waals surface area contributed by atoms with Gasteiger partial charge in [0.15, 0.2) is 6.61 Å². The third kappa shape index (κ3) is 5.65. The summed E-state index contributed by atoms with van der Waals surface area (Å²) in [7, 11) is 0. The smallest absolute Gasteiger partial charge is 0.258 e. The average molecular weight is 405 g/mol. The van der Waals surface area contributed by atoms with E-state index in [2.05, 4.69) is 10.3 Å². The van der Waals surface area contributed by atoms with Crippen LogP contribution in [0.4, 0.5) is 8.78 Å². The van der Waals surface area contributed by atoms with E-state index in [0.29, 0.717) is 17.4 Å². The standard InChI is InChI=1S/C20H15ClF2N2O3/c21-17-9-16(6-7-18(17)23)27-12-19(26)24-10-13-1-8-20(25-11-13)28-15-4-2-14(22)3-5-15/h1-9,11H,10,12H2,(H,24,26). The Hall–Kier alpha value is -3.19. The molecule has 1 amide bonds. The molecule has 8 heteroatoms. The number of carbonyl (C=O) groups excluding carboxylic acids is 1. The van der Waals surface area contributed by atoms with Gasteiger partial charge < -0.3 is 14.8 Å². The Morgan fingerprint density at radius 2 is 1.79 bits per heavy atom. The van der Waals surface area contributed by atoms with Crippen LogP contribution in [-0.4, -0.2) is 17.5 Å². The molecule has 0 fully saturated rings. The number of rotatable bonds is 7. The summed E-state index contributed by atoms with van der Waals surface area (Å²) in [4.78, 5) is 16.0. The van der Waals surface area contributed by atoms with Crippen molar-refractivity contribution >= 4 is 17.5 Å². The van der Waals surface area contributed by atoms with Crippen molar-refractivity contribution in [1.82, 2.24) is 10.3 Å². The Labute approximate surface area is 164 Å². The minimum Gasteiger partial charge on any atom is -0.484 e. The highest BCUT2D eigenvalue weighted by atomic mass is 35.5. The van der Waals surface area contributed by atoms with Crippen LogP contribution in [0, 0.1) is 11.6 Å². The second kappa shape index (κ2) is 9.14. The van der Waals surface area contributed by atoms with Gasteiger partial charge in [-0.1, -0.05) is 17.7 Å². The van der Waals surface area contributed by atoms with E-state index in [-0.39, 0.29) is 29.9 Å². The molecule has 3 rings (SSSR count). The first-order valence-corrected chi connectivity index (χ1v) is 8.60. The van der Waals surface area contributed by atoms with Crippen LogP contribution in [0.15, 0.2) is 60.8 Å². The molecule has 2 aromatic carbocycles. The molecule has 144 valence electrons. The summed E-state index contributed by atoms with van der Waals surface area (Å²) in [6.07, 6.45) is 1.56. The molecule has 1 N–H and O–H groups in total. The van der Waals surface area contributed by atoms with E-state index in [1.165, 1.54) is 36.4 Å². The SMILES string of the molecule is O=C(COc1ccc(F)c(Cl)c1)NCc1ccc(Oc2ccc(F)cc2)nc1. The third-order valence-electron chi connectivity index (χ3n) is 3.58. The summed E-state index contributed by atoms with van der Waals surface area (Å²) >= 11 is 5.65. The normalized spacial score (nSPS) is 10.4. The number of hydrogen-bond acceptors (Lipinski definition) is 4. The van der Waals surface area contributed by atoms with Crippen LogP contribution in [0.3, 0.4) is 0 Å². The number of nitrogens with zero attached hydrogens (tertiary/aromatic N) is 1. The van der Waals surface area contributed by atoms with Gasteiger partial charge in [-0.3, -0.25) is 4.79 Å². The van der Waals surface area contributed by atoms with Crippen LogP contribution in [0.5, 0.6) is 17.4 Å². The average Bonchev–Trinajstić information content (AvgIpc) is 2.70. The highest BCUT2D eigenvalue weighted by Crippen LogP contribution is 2.21. The van der Waals surface area contributed by atoms with Crippen LogP contribution in [0.2, 0.25) is 5.02 Å². The Morgan fingerprint density at radius 1 is 1.04 bits per heavy atom. The van der Waals surface area contributed by atoms with E-state index in [1.807, 2.05) is 0 Å². The van der Waals surface area contributed by atoms with Crippen molar-refractivity contribution in [2.45, 2.75) is 6.54 Å². The molecule has 0 aliphatic heterocycles. The molecule has 0 radical (unpaired) electrons. The van der Waals surface area contributed by atoms with Gasteiger partial charge in [0, 0.05) is 24.9 Å². The molecule has 0 unspecified atom stereocenters. The van der Waals surface area contributed by atoms with Gasteiger partial charge >= 0.3 is 0 Å². The molecule has 0 aliphatic rings. The molecule has 0 saturated carbocycles. The van der Waals surface area contributed by atoms with Gasteiger partial charge in [0.1, 0.15) is 23.1 Å². The zero-order valence-electron chi connectivity index (χ0n) is 14.5. The lowest BCUT2D eigenvalue weighted by Crippen LogP contribution is -2.28. The summed E-state index contributed by atoms with van der Waals surface area (Å²) in [5, 5.41) is 2.60. The molecule has 0 saturated heterocycles. The Balaban J connectivity index is 1.45. The van der Waals surface area contributed by atoms with Crippen LogP contribution < -0.4 is 14.8 Å². The van der Waals surface area contributed by atoms with E-state index in [9.17, 15) is 13.6 Å². The maximum Gasteiger partial charge on any atom is 0.258 e. The quantitative estimate of drug-likeness (QED) is 0.629. The zero-order chi connectivity index (χ0) is 19.9. The fraction of sp³-hybridized carbons (Fsp3) is 0.100. The van der Waals surface area contributed by atoms with Gasteiger partial charge in [0.05, 0.1) is 5.02 Å². The second-order valence-electron chi connectivity index (χ2n) is 5.70. The molecule has 0 aliphatic carbocycles. The van der Waals surface area contributed by atoms with Gasteiger partial charge in [-0.2, -0.15) is 0 Å². The van der Waals surface area contributed by atoms with Gasteiger partial charge in [-0.25, -0.2) is 13.8 Å². The van der Waals surface area contributed by atoms with Crippen LogP contribution in [-0.2, 0) is 11.3 Å². The number of halogens is 3. The number of aromatic nitrogens is 1. The molecule has 0 bridgehead atoms. The van der Waals surface area contributed by atoms with E-state index in [4.69, 9.17) is 21.1 Å².